The zero-order valence-electron chi connectivity index (χ0n) is 13.3. The Balaban J connectivity index is 1.73. The van der Waals surface area contributed by atoms with Gasteiger partial charge >= 0.3 is 0 Å². The fourth-order valence-electron chi connectivity index (χ4n) is 2.76. The van der Waals surface area contributed by atoms with Crippen LogP contribution in [0.15, 0.2) is 30.3 Å². The van der Waals surface area contributed by atoms with E-state index in [9.17, 15) is 9.59 Å². The van der Waals surface area contributed by atoms with Crippen LogP contribution < -0.4 is 5.32 Å². The van der Waals surface area contributed by atoms with Gasteiger partial charge < -0.3 is 10.2 Å². The molecule has 2 aliphatic carbocycles. The Hall–Kier alpha value is -1.84. The predicted octanol–water partition coefficient (Wildman–Crippen LogP) is 2.48. The molecule has 22 heavy (non-hydrogen) atoms. The van der Waals surface area contributed by atoms with Crippen molar-refractivity contribution < 1.29 is 9.59 Å². The highest BCUT2D eigenvalue weighted by Gasteiger charge is 2.58. The van der Waals surface area contributed by atoms with E-state index in [0.717, 1.165) is 18.4 Å². The van der Waals surface area contributed by atoms with Gasteiger partial charge in [-0.2, -0.15) is 0 Å². The van der Waals surface area contributed by atoms with Gasteiger partial charge in [0.1, 0.15) is 5.41 Å². The van der Waals surface area contributed by atoms with Gasteiger partial charge in [-0.15, -0.1) is 0 Å². The van der Waals surface area contributed by atoms with Gasteiger partial charge in [-0.3, -0.25) is 9.59 Å². The second kappa shape index (κ2) is 5.75. The Kier molecular flexibility index (Phi) is 3.94. The van der Waals surface area contributed by atoms with Crippen LogP contribution in [0.2, 0.25) is 0 Å². The first-order chi connectivity index (χ1) is 10.5. The Bertz CT molecular complexity index is 560. The minimum absolute atomic E-state index is 0.00972. The maximum atomic E-state index is 13.0. The second-order valence-corrected chi connectivity index (χ2v) is 6.84. The summed E-state index contributed by atoms with van der Waals surface area (Å²) in [5.41, 5.74) is 0.310. The number of rotatable bonds is 6. The number of nitrogens with zero attached hydrogens (tertiary/aromatic N) is 1. The van der Waals surface area contributed by atoms with E-state index in [-0.39, 0.29) is 17.9 Å². The summed E-state index contributed by atoms with van der Waals surface area (Å²) >= 11 is 0. The quantitative estimate of drug-likeness (QED) is 0.821. The molecule has 0 atom stereocenters. The first-order valence-electron chi connectivity index (χ1n) is 8.19. The van der Waals surface area contributed by atoms with E-state index in [1.165, 1.54) is 0 Å². The van der Waals surface area contributed by atoms with Crippen molar-refractivity contribution in [3.8, 4) is 0 Å². The molecule has 0 aliphatic heterocycles. The van der Waals surface area contributed by atoms with Crippen molar-refractivity contribution in [2.24, 2.45) is 5.41 Å². The van der Waals surface area contributed by atoms with Crippen LogP contribution in [-0.4, -0.2) is 28.8 Å². The van der Waals surface area contributed by atoms with Crippen molar-refractivity contribution >= 4 is 11.8 Å². The van der Waals surface area contributed by atoms with E-state index >= 15 is 0 Å². The highest BCUT2D eigenvalue weighted by atomic mass is 16.2. The number of nitrogens with one attached hydrogen (secondary N) is 1. The molecule has 0 saturated heterocycles. The lowest BCUT2D eigenvalue weighted by atomic mass is 10.0. The average Bonchev–Trinajstić information content (AvgIpc) is 3.38. The zero-order chi connectivity index (χ0) is 15.7. The number of amides is 2. The smallest absolute Gasteiger partial charge is 0.238 e. The molecule has 0 radical (unpaired) electrons. The van der Waals surface area contributed by atoms with E-state index < -0.39 is 5.41 Å². The van der Waals surface area contributed by atoms with Crippen LogP contribution in [0.3, 0.4) is 0 Å². The summed E-state index contributed by atoms with van der Waals surface area (Å²) in [6, 6.07) is 10.4. The van der Waals surface area contributed by atoms with E-state index in [0.29, 0.717) is 25.4 Å². The van der Waals surface area contributed by atoms with Crippen LogP contribution in [-0.2, 0) is 16.1 Å². The summed E-state index contributed by atoms with van der Waals surface area (Å²) in [7, 11) is 0. The lowest BCUT2D eigenvalue weighted by Crippen LogP contribution is -2.47. The number of carbonyl (C=O) groups excluding carboxylic acids is 2. The van der Waals surface area contributed by atoms with Crippen LogP contribution in [0.4, 0.5) is 0 Å². The van der Waals surface area contributed by atoms with Crippen LogP contribution >= 0.6 is 0 Å². The molecule has 0 bridgehead atoms. The van der Waals surface area contributed by atoms with Crippen LogP contribution in [0.1, 0.15) is 45.1 Å². The molecule has 1 N–H and O–H groups in total. The third-order valence-electron chi connectivity index (χ3n) is 4.59. The largest absolute Gasteiger partial charge is 0.352 e. The van der Waals surface area contributed by atoms with Crippen molar-refractivity contribution in [2.75, 3.05) is 0 Å². The molecule has 118 valence electrons. The first-order valence-corrected chi connectivity index (χ1v) is 8.19. The molecule has 2 saturated carbocycles. The topological polar surface area (TPSA) is 49.4 Å². The van der Waals surface area contributed by atoms with Gasteiger partial charge in [0.05, 0.1) is 0 Å². The van der Waals surface area contributed by atoms with E-state index in [2.05, 4.69) is 5.32 Å². The molecule has 3 rings (SSSR count). The van der Waals surface area contributed by atoms with E-state index in [4.69, 9.17) is 0 Å². The summed E-state index contributed by atoms with van der Waals surface area (Å²) in [6.07, 6.45) is 3.46. The number of carbonyl (C=O) groups is 2. The standard InChI is InChI=1S/C18H24N2O2/c1-13(2)20(12-14-6-4-3-5-7-14)17(22)18(10-11-18)16(21)19-15-8-9-15/h3-7,13,15H,8-12H2,1-2H3,(H,19,21). The maximum Gasteiger partial charge on any atom is 0.238 e. The molecule has 0 unspecified atom stereocenters. The number of benzene rings is 1. The highest BCUT2D eigenvalue weighted by molar-refractivity contribution is 6.08. The van der Waals surface area contributed by atoms with E-state index in [1.54, 1.807) is 0 Å². The van der Waals surface area contributed by atoms with Gasteiger partial charge in [-0.1, -0.05) is 30.3 Å². The minimum atomic E-state index is -0.790. The molecule has 2 amide bonds. The molecule has 4 heteroatoms. The Morgan fingerprint density at radius 1 is 1.23 bits per heavy atom. The van der Waals surface area contributed by atoms with Gasteiger partial charge in [0.25, 0.3) is 0 Å². The average molecular weight is 300 g/mol. The summed E-state index contributed by atoms with van der Waals surface area (Å²) < 4.78 is 0. The van der Waals surface area contributed by atoms with Gasteiger partial charge in [0.2, 0.25) is 11.8 Å². The Morgan fingerprint density at radius 3 is 2.36 bits per heavy atom. The lowest BCUT2D eigenvalue weighted by Gasteiger charge is -2.30. The lowest BCUT2D eigenvalue weighted by molar-refractivity contribution is -0.146. The van der Waals surface area contributed by atoms with Gasteiger partial charge in [-0.25, -0.2) is 0 Å². The monoisotopic (exact) mass is 300 g/mol. The molecule has 4 nitrogen and oxygen atoms in total. The molecule has 1 aromatic carbocycles. The summed E-state index contributed by atoms with van der Waals surface area (Å²) in [5.74, 6) is -0.0665. The second-order valence-electron chi connectivity index (χ2n) is 6.84. The van der Waals surface area contributed by atoms with Crippen LogP contribution in [0, 0.1) is 5.41 Å². The molecule has 2 aliphatic rings. The fourth-order valence-corrected chi connectivity index (χ4v) is 2.76. The van der Waals surface area contributed by atoms with Gasteiger partial charge in [0, 0.05) is 18.6 Å². The normalized spacial score (nSPS) is 18.9. The third kappa shape index (κ3) is 3.01. The summed E-state index contributed by atoms with van der Waals surface area (Å²) in [6.45, 7) is 4.58. The van der Waals surface area contributed by atoms with Gasteiger partial charge in [-0.05, 0) is 45.1 Å². The molecule has 0 spiro atoms. The van der Waals surface area contributed by atoms with Crippen LogP contribution in [0.25, 0.3) is 0 Å². The van der Waals surface area contributed by atoms with Crippen molar-refractivity contribution in [1.29, 1.82) is 0 Å². The highest BCUT2D eigenvalue weighted by Crippen LogP contribution is 2.48. The van der Waals surface area contributed by atoms with Crippen molar-refractivity contribution in [1.82, 2.24) is 10.2 Å². The van der Waals surface area contributed by atoms with Crippen molar-refractivity contribution in [3.05, 3.63) is 35.9 Å². The number of hydrogen-bond donors (Lipinski definition) is 1. The molecule has 2 fully saturated rings. The van der Waals surface area contributed by atoms with Gasteiger partial charge in [0.15, 0.2) is 0 Å². The first kappa shape index (κ1) is 15.1. The third-order valence-corrected chi connectivity index (χ3v) is 4.59. The molecular formula is C18H24N2O2. The summed E-state index contributed by atoms with van der Waals surface area (Å²) in [4.78, 5) is 27.3. The molecular weight excluding hydrogens is 276 g/mol. The predicted molar refractivity (Wildman–Crippen MR) is 85.0 cm³/mol. The minimum Gasteiger partial charge on any atom is -0.352 e. The molecule has 1 aromatic rings. The van der Waals surface area contributed by atoms with Crippen LogP contribution in [0.5, 0.6) is 0 Å². The van der Waals surface area contributed by atoms with Crippen molar-refractivity contribution in [3.63, 3.8) is 0 Å². The SMILES string of the molecule is CC(C)N(Cc1ccccc1)C(=O)C1(C(=O)NC2CC2)CC1. The fraction of sp³-hybridized carbons (Fsp3) is 0.556. The maximum absolute atomic E-state index is 13.0. The zero-order valence-corrected chi connectivity index (χ0v) is 13.3. The Labute approximate surface area is 131 Å². The number of hydrogen-bond acceptors (Lipinski definition) is 2. The summed E-state index contributed by atoms with van der Waals surface area (Å²) in [5, 5.41) is 3.01. The van der Waals surface area contributed by atoms with E-state index in [1.807, 2.05) is 49.1 Å². The molecule has 0 heterocycles. The Morgan fingerprint density at radius 2 is 1.86 bits per heavy atom. The molecule has 0 aromatic heterocycles. The van der Waals surface area contributed by atoms with Crippen molar-refractivity contribution in [2.45, 2.75) is 58.2 Å².